The monoisotopic (exact) mass is 319 g/mol. The first-order valence-electron chi connectivity index (χ1n) is 6.89. The van der Waals surface area contributed by atoms with Crippen molar-refractivity contribution in [3.8, 4) is 0 Å². The molecule has 0 spiro atoms. The lowest BCUT2D eigenvalue weighted by Gasteiger charge is -2.30. The Hall–Kier alpha value is -0.0900. The molecule has 106 valence electrons. The van der Waals surface area contributed by atoms with Crippen LogP contribution in [0.25, 0.3) is 0 Å². The molecule has 0 saturated heterocycles. The highest BCUT2D eigenvalue weighted by Crippen LogP contribution is 2.30. The zero-order valence-corrected chi connectivity index (χ0v) is 13.4. The Balaban J connectivity index is 2.24. The van der Waals surface area contributed by atoms with Gasteiger partial charge in [0.15, 0.2) is 0 Å². The molecule has 1 aliphatic rings. The molecule has 18 heavy (non-hydrogen) atoms. The number of rotatable bonds is 5. The molecule has 4 heteroatoms. The van der Waals surface area contributed by atoms with E-state index in [1.165, 1.54) is 25.7 Å². The molecule has 0 aliphatic heterocycles. The van der Waals surface area contributed by atoms with Gasteiger partial charge in [0, 0.05) is 11.9 Å². The summed E-state index contributed by atoms with van der Waals surface area (Å²) < 4.78 is 5.46. The van der Waals surface area contributed by atoms with Crippen LogP contribution in [0, 0.1) is 11.8 Å². The van der Waals surface area contributed by atoms with Crippen LogP contribution in [0.1, 0.15) is 46.5 Å². The second-order valence-electron chi connectivity index (χ2n) is 6.16. The van der Waals surface area contributed by atoms with Crippen LogP contribution in [0.5, 0.6) is 0 Å². The molecule has 0 heterocycles. The van der Waals surface area contributed by atoms with Gasteiger partial charge in [-0.2, -0.15) is 0 Å². The van der Waals surface area contributed by atoms with E-state index in [0.29, 0.717) is 11.8 Å². The highest BCUT2D eigenvalue weighted by Gasteiger charge is 2.24. The molecular weight excluding hydrogens is 294 g/mol. The molecule has 2 atom stereocenters. The summed E-state index contributed by atoms with van der Waals surface area (Å²) in [5, 5.41) is 4.05. The minimum absolute atomic E-state index is 0.00354. The van der Waals surface area contributed by atoms with Gasteiger partial charge in [0.1, 0.15) is 6.61 Å². The van der Waals surface area contributed by atoms with Crippen LogP contribution in [0.15, 0.2) is 0 Å². The first-order chi connectivity index (χ1) is 8.42. The van der Waals surface area contributed by atoms with Gasteiger partial charge in [-0.15, -0.1) is 0 Å². The predicted octanol–water partition coefficient (Wildman–Crippen LogP) is 3.12. The molecule has 0 aromatic carbocycles. The molecule has 2 unspecified atom stereocenters. The number of alkyl halides is 1. The second-order valence-corrected chi connectivity index (χ2v) is 6.81. The molecule has 0 aromatic rings. The fourth-order valence-electron chi connectivity index (χ4n) is 2.33. The molecule has 1 N–H and O–H groups in total. The highest BCUT2D eigenvalue weighted by atomic mass is 79.9. The van der Waals surface area contributed by atoms with Crippen LogP contribution in [0.3, 0.4) is 0 Å². The van der Waals surface area contributed by atoms with Gasteiger partial charge in [0.25, 0.3) is 0 Å². The number of carbonyl (C=O) groups is 1. The molecular formula is C14H26BrNO2. The number of halogens is 1. The van der Waals surface area contributed by atoms with Crippen molar-refractivity contribution in [2.24, 2.45) is 11.8 Å². The molecule has 1 amide bonds. The minimum Gasteiger partial charge on any atom is -0.366 e. The first kappa shape index (κ1) is 16.0. The van der Waals surface area contributed by atoms with E-state index >= 15 is 0 Å². The summed E-state index contributed by atoms with van der Waals surface area (Å²) in [6.45, 7) is 6.84. The van der Waals surface area contributed by atoms with Gasteiger partial charge in [0.2, 0.25) is 5.91 Å². The van der Waals surface area contributed by atoms with Crippen LogP contribution in [0.2, 0.25) is 0 Å². The van der Waals surface area contributed by atoms with Gasteiger partial charge >= 0.3 is 0 Å². The largest absolute Gasteiger partial charge is 0.366 e. The Bertz CT molecular complexity index is 263. The Morgan fingerprint density at radius 2 is 1.89 bits per heavy atom. The summed E-state index contributed by atoms with van der Waals surface area (Å²) in [7, 11) is 0. The number of carbonyl (C=O) groups excluding carboxylic acids is 1. The summed E-state index contributed by atoms with van der Waals surface area (Å²) in [6.07, 6.45) is 5.14. The van der Waals surface area contributed by atoms with E-state index in [0.717, 1.165) is 11.9 Å². The van der Waals surface area contributed by atoms with E-state index in [1.807, 2.05) is 20.8 Å². The summed E-state index contributed by atoms with van der Waals surface area (Å²) in [4.78, 5) is 11.7. The minimum atomic E-state index is -0.249. The lowest BCUT2D eigenvalue weighted by atomic mass is 9.80. The van der Waals surface area contributed by atoms with Crippen molar-refractivity contribution in [3.05, 3.63) is 0 Å². The van der Waals surface area contributed by atoms with Gasteiger partial charge in [-0.1, -0.05) is 28.8 Å². The van der Waals surface area contributed by atoms with Gasteiger partial charge in [-0.3, -0.25) is 4.79 Å². The smallest absolute Gasteiger partial charge is 0.246 e. The lowest BCUT2D eigenvalue weighted by Crippen LogP contribution is -2.38. The van der Waals surface area contributed by atoms with E-state index in [1.54, 1.807) is 0 Å². The van der Waals surface area contributed by atoms with Crippen LogP contribution >= 0.6 is 15.9 Å². The molecule has 0 bridgehead atoms. The fraction of sp³-hybridized carbons (Fsp3) is 0.929. The highest BCUT2D eigenvalue weighted by molar-refractivity contribution is 9.09. The van der Waals surface area contributed by atoms with E-state index in [9.17, 15) is 4.79 Å². The number of nitrogens with one attached hydrogen (secondary N) is 1. The average Bonchev–Trinajstić information content (AvgIpc) is 2.33. The van der Waals surface area contributed by atoms with E-state index < -0.39 is 0 Å². The Kier molecular flexibility index (Phi) is 6.64. The number of hydrogen-bond acceptors (Lipinski definition) is 2. The predicted molar refractivity (Wildman–Crippen MR) is 78.0 cm³/mol. The van der Waals surface area contributed by atoms with Gasteiger partial charge in [-0.05, 0) is 45.4 Å². The molecule has 1 rings (SSSR count). The van der Waals surface area contributed by atoms with Gasteiger partial charge < -0.3 is 10.1 Å². The Morgan fingerprint density at radius 3 is 2.44 bits per heavy atom. The van der Waals surface area contributed by atoms with Crippen molar-refractivity contribution < 1.29 is 9.53 Å². The maximum Gasteiger partial charge on any atom is 0.246 e. The third-order valence-corrected chi connectivity index (χ3v) is 4.29. The SMILES string of the molecule is CC(C)(C)OCC(=O)NCC1CCCCC1CBr. The van der Waals surface area contributed by atoms with Crippen molar-refractivity contribution in [2.45, 2.75) is 52.1 Å². The zero-order chi connectivity index (χ0) is 13.6. The summed E-state index contributed by atoms with van der Waals surface area (Å²) in [6, 6.07) is 0. The fourth-order valence-corrected chi connectivity index (χ4v) is 3.19. The molecule has 1 aliphatic carbocycles. The molecule has 1 saturated carbocycles. The third-order valence-electron chi connectivity index (χ3n) is 3.46. The lowest BCUT2D eigenvalue weighted by molar-refractivity contribution is -0.130. The Labute approximate surface area is 119 Å². The van der Waals surface area contributed by atoms with Crippen LogP contribution in [0.4, 0.5) is 0 Å². The number of hydrogen-bond donors (Lipinski definition) is 1. The van der Waals surface area contributed by atoms with Crippen LogP contribution < -0.4 is 5.32 Å². The van der Waals surface area contributed by atoms with E-state index in [-0.39, 0.29) is 18.1 Å². The number of ether oxygens (including phenoxy) is 1. The van der Waals surface area contributed by atoms with E-state index in [2.05, 4.69) is 21.2 Å². The summed E-state index contributed by atoms with van der Waals surface area (Å²) in [5.41, 5.74) is -0.249. The number of amides is 1. The van der Waals surface area contributed by atoms with Crippen molar-refractivity contribution in [1.82, 2.24) is 5.32 Å². The maximum atomic E-state index is 11.7. The topological polar surface area (TPSA) is 38.3 Å². The van der Waals surface area contributed by atoms with Crippen molar-refractivity contribution in [1.29, 1.82) is 0 Å². The molecule has 0 radical (unpaired) electrons. The standard InChI is InChI=1S/C14H26BrNO2/c1-14(2,3)18-10-13(17)16-9-12-7-5-4-6-11(12)8-15/h11-12H,4-10H2,1-3H3,(H,16,17). The van der Waals surface area contributed by atoms with Crippen LogP contribution in [-0.2, 0) is 9.53 Å². The first-order valence-corrected chi connectivity index (χ1v) is 8.01. The van der Waals surface area contributed by atoms with E-state index in [4.69, 9.17) is 4.74 Å². The van der Waals surface area contributed by atoms with Gasteiger partial charge in [-0.25, -0.2) is 0 Å². The summed E-state index contributed by atoms with van der Waals surface area (Å²) in [5.74, 6) is 1.34. The molecule has 1 fully saturated rings. The molecule has 0 aromatic heterocycles. The normalized spacial score (nSPS) is 24.9. The molecule has 3 nitrogen and oxygen atoms in total. The second kappa shape index (κ2) is 7.49. The van der Waals surface area contributed by atoms with Crippen molar-refractivity contribution >= 4 is 21.8 Å². The maximum absolute atomic E-state index is 11.7. The summed E-state index contributed by atoms with van der Waals surface area (Å²) >= 11 is 3.58. The van der Waals surface area contributed by atoms with Crippen molar-refractivity contribution in [3.63, 3.8) is 0 Å². The quantitative estimate of drug-likeness (QED) is 0.791. The third kappa shape index (κ3) is 6.19. The van der Waals surface area contributed by atoms with Gasteiger partial charge in [0.05, 0.1) is 5.60 Å². The zero-order valence-electron chi connectivity index (χ0n) is 11.8. The average molecular weight is 320 g/mol. The Morgan fingerprint density at radius 1 is 1.28 bits per heavy atom. The van der Waals surface area contributed by atoms with Crippen LogP contribution in [-0.4, -0.2) is 30.0 Å². The van der Waals surface area contributed by atoms with Crippen molar-refractivity contribution in [2.75, 3.05) is 18.5 Å².